The zero-order chi connectivity index (χ0) is 19.9. The molecule has 4 rings (SSSR count). The third kappa shape index (κ3) is 3.18. The summed E-state index contributed by atoms with van der Waals surface area (Å²) in [5.74, 6) is 2.13. The Hall–Kier alpha value is -1.09. The Morgan fingerprint density at radius 2 is 2.07 bits per heavy atom. The van der Waals surface area contributed by atoms with Crippen molar-refractivity contribution in [1.82, 2.24) is 0 Å². The van der Waals surface area contributed by atoms with Gasteiger partial charge < -0.3 is 9.84 Å². The molecule has 3 fully saturated rings. The average molecular weight is 387 g/mol. The van der Waals surface area contributed by atoms with Gasteiger partial charge in [-0.1, -0.05) is 31.6 Å². The summed E-state index contributed by atoms with van der Waals surface area (Å²) in [5, 5.41) is 11.2. The first-order valence-electron chi connectivity index (χ1n) is 11.6. The number of rotatable bonds is 4. The molecule has 0 aromatic rings. The summed E-state index contributed by atoms with van der Waals surface area (Å²) in [7, 11) is 0. The fourth-order valence-electron chi connectivity index (χ4n) is 7.73. The number of aliphatic hydroxyl groups excluding tert-OH is 1. The van der Waals surface area contributed by atoms with Crippen molar-refractivity contribution in [2.45, 2.75) is 84.7 Å². The van der Waals surface area contributed by atoms with Gasteiger partial charge in [0.05, 0.1) is 12.7 Å². The first-order chi connectivity index (χ1) is 13.4. The van der Waals surface area contributed by atoms with Crippen molar-refractivity contribution in [3.05, 3.63) is 23.8 Å². The van der Waals surface area contributed by atoms with E-state index in [1.807, 2.05) is 13.0 Å². The van der Waals surface area contributed by atoms with Crippen LogP contribution >= 0.6 is 0 Å². The van der Waals surface area contributed by atoms with Crippen LogP contribution in [0.4, 0.5) is 0 Å². The van der Waals surface area contributed by atoms with Crippen molar-refractivity contribution < 1.29 is 14.6 Å². The average Bonchev–Trinajstić information content (AvgIpc) is 2.99. The van der Waals surface area contributed by atoms with Crippen molar-refractivity contribution in [3.63, 3.8) is 0 Å². The zero-order valence-corrected chi connectivity index (χ0v) is 18.0. The van der Waals surface area contributed by atoms with Crippen molar-refractivity contribution in [2.75, 3.05) is 6.61 Å². The lowest BCUT2D eigenvalue weighted by molar-refractivity contribution is -0.137. The molecule has 28 heavy (non-hydrogen) atoms. The molecule has 0 bridgehead atoms. The van der Waals surface area contributed by atoms with Crippen LogP contribution in [0.15, 0.2) is 23.8 Å². The Morgan fingerprint density at radius 1 is 1.25 bits per heavy atom. The van der Waals surface area contributed by atoms with Gasteiger partial charge >= 0.3 is 5.97 Å². The van der Waals surface area contributed by atoms with E-state index in [-0.39, 0.29) is 12.1 Å². The van der Waals surface area contributed by atoms with Gasteiger partial charge in [-0.3, -0.25) is 0 Å². The topological polar surface area (TPSA) is 46.5 Å². The monoisotopic (exact) mass is 386 g/mol. The Labute approximate surface area is 170 Å². The highest BCUT2D eigenvalue weighted by molar-refractivity contribution is 5.81. The van der Waals surface area contributed by atoms with E-state index in [1.54, 1.807) is 11.6 Å². The maximum Gasteiger partial charge on any atom is 0.330 e. The number of allylic oxidation sites excluding steroid dienone is 2. The van der Waals surface area contributed by atoms with E-state index in [2.05, 4.69) is 19.9 Å². The van der Waals surface area contributed by atoms with E-state index in [4.69, 9.17) is 4.74 Å². The van der Waals surface area contributed by atoms with Crippen molar-refractivity contribution >= 4 is 5.97 Å². The number of ether oxygens (including phenoxy) is 1. The molecule has 0 aromatic heterocycles. The van der Waals surface area contributed by atoms with Crippen molar-refractivity contribution in [1.29, 1.82) is 0 Å². The Kier molecular flexibility index (Phi) is 5.50. The molecule has 156 valence electrons. The predicted molar refractivity (Wildman–Crippen MR) is 112 cm³/mol. The van der Waals surface area contributed by atoms with Crippen LogP contribution < -0.4 is 0 Å². The third-order valence-corrected chi connectivity index (χ3v) is 9.21. The van der Waals surface area contributed by atoms with E-state index in [9.17, 15) is 9.90 Å². The highest BCUT2D eigenvalue weighted by atomic mass is 16.5. The molecule has 0 saturated heterocycles. The second kappa shape index (κ2) is 7.63. The number of esters is 1. The van der Waals surface area contributed by atoms with E-state index in [1.165, 1.54) is 44.9 Å². The maximum absolute atomic E-state index is 11.6. The number of carbonyl (C=O) groups is 1. The lowest BCUT2D eigenvalue weighted by atomic mass is 9.46. The minimum absolute atomic E-state index is 0.166. The molecule has 1 N–H and O–H groups in total. The van der Waals surface area contributed by atoms with Gasteiger partial charge in [0.1, 0.15) is 0 Å². The summed E-state index contributed by atoms with van der Waals surface area (Å²) >= 11 is 0. The summed E-state index contributed by atoms with van der Waals surface area (Å²) in [6.45, 7) is 7.25. The number of hydrogen-bond donors (Lipinski definition) is 1. The van der Waals surface area contributed by atoms with Crippen LogP contribution in [-0.4, -0.2) is 23.8 Å². The lowest BCUT2D eigenvalue weighted by Crippen LogP contribution is -2.55. The lowest BCUT2D eigenvalue weighted by Gasteiger charge is -2.59. The van der Waals surface area contributed by atoms with Gasteiger partial charge in [-0.05, 0) is 99.2 Å². The van der Waals surface area contributed by atoms with Gasteiger partial charge in [0, 0.05) is 6.08 Å². The molecule has 0 aliphatic heterocycles. The van der Waals surface area contributed by atoms with Gasteiger partial charge in [-0.15, -0.1) is 0 Å². The molecule has 0 heterocycles. The fraction of sp³-hybridized carbons (Fsp3) is 0.800. The minimum Gasteiger partial charge on any atom is -0.463 e. The summed E-state index contributed by atoms with van der Waals surface area (Å²) in [6, 6.07) is 0. The molecule has 3 saturated carbocycles. The van der Waals surface area contributed by atoms with Crippen LogP contribution in [0.1, 0.15) is 78.6 Å². The molecule has 3 heteroatoms. The van der Waals surface area contributed by atoms with E-state index >= 15 is 0 Å². The van der Waals surface area contributed by atoms with Gasteiger partial charge in [0.25, 0.3) is 0 Å². The molecule has 3 nitrogen and oxygen atoms in total. The Bertz CT molecular complexity index is 665. The van der Waals surface area contributed by atoms with E-state index < -0.39 is 0 Å². The molecule has 4 aliphatic rings. The molecule has 7 unspecified atom stereocenters. The molecule has 7 atom stereocenters. The smallest absolute Gasteiger partial charge is 0.330 e. The second-order valence-corrected chi connectivity index (χ2v) is 10.3. The van der Waals surface area contributed by atoms with Crippen LogP contribution in [0, 0.1) is 34.5 Å². The van der Waals surface area contributed by atoms with E-state index in [0.717, 1.165) is 12.8 Å². The first-order valence-corrected chi connectivity index (χ1v) is 11.6. The number of hydrogen-bond acceptors (Lipinski definition) is 3. The molecule has 0 aromatic carbocycles. The Morgan fingerprint density at radius 3 is 2.86 bits per heavy atom. The highest BCUT2D eigenvalue weighted by Crippen LogP contribution is 2.67. The van der Waals surface area contributed by atoms with Crippen LogP contribution in [0.2, 0.25) is 0 Å². The standard InChI is InChI=1S/C25H38O3/c1-4-28-22(27)10-7-9-17-11-12-19-23-20(13-15-25(17,19)3)24(2)14-6-5-8-18(24)16-21(23)26/h7-8,10,17,19-21,23,26H,4-6,9,11-16H2,1-3H3/b10-7+. The minimum atomic E-state index is -0.224. The molecule has 0 spiro atoms. The summed E-state index contributed by atoms with van der Waals surface area (Å²) < 4.78 is 5.02. The summed E-state index contributed by atoms with van der Waals surface area (Å²) in [5.41, 5.74) is 2.18. The molecule has 0 amide bonds. The van der Waals surface area contributed by atoms with Gasteiger partial charge in [-0.25, -0.2) is 4.79 Å². The normalized spacial score (nSPS) is 45.1. The van der Waals surface area contributed by atoms with E-state index in [0.29, 0.717) is 41.1 Å². The van der Waals surface area contributed by atoms with Crippen LogP contribution in [0.3, 0.4) is 0 Å². The van der Waals surface area contributed by atoms with Gasteiger partial charge in [0.2, 0.25) is 0 Å². The van der Waals surface area contributed by atoms with Gasteiger partial charge in [0.15, 0.2) is 0 Å². The van der Waals surface area contributed by atoms with Crippen molar-refractivity contribution in [2.24, 2.45) is 34.5 Å². The Balaban J connectivity index is 1.52. The molecule has 4 aliphatic carbocycles. The van der Waals surface area contributed by atoms with Crippen LogP contribution in [-0.2, 0) is 9.53 Å². The summed E-state index contributed by atoms with van der Waals surface area (Å²) in [4.78, 5) is 11.6. The SMILES string of the molecule is CCOC(=O)/C=C/CC1CCC2C3C(O)CC4=CCCCC4(C)C3CCC12C. The third-order valence-electron chi connectivity index (χ3n) is 9.21. The largest absolute Gasteiger partial charge is 0.463 e. The van der Waals surface area contributed by atoms with Gasteiger partial charge in [-0.2, -0.15) is 0 Å². The maximum atomic E-state index is 11.6. The second-order valence-electron chi connectivity index (χ2n) is 10.3. The molecular weight excluding hydrogens is 348 g/mol. The zero-order valence-electron chi connectivity index (χ0n) is 18.0. The fourth-order valence-corrected chi connectivity index (χ4v) is 7.73. The number of aliphatic hydroxyl groups is 1. The molecular formula is C25H38O3. The van der Waals surface area contributed by atoms with Crippen molar-refractivity contribution in [3.8, 4) is 0 Å². The highest BCUT2D eigenvalue weighted by Gasteiger charge is 2.60. The first kappa shape index (κ1) is 20.2. The van der Waals surface area contributed by atoms with Crippen LogP contribution in [0.25, 0.3) is 0 Å². The predicted octanol–water partition coefficient (Wildman–Crippen LogP) is 5.44. The quantitative estimate of drug-likeness (QED) is 0.398. The molecule has 0 radical (unpaired) electrons. The number of carbonyl (C=O) groups excluding carboxylic acids is 1. The summed E-state index contributed by atoms with van der Waals surface area (Å²) in [6.07, 6.45) is 16.6. The number of fused-ring (bicyclic) bond motifs is 5. The van der Waals surface area contributed by atoms with Crippen LogP contribution in [0.5, 0.6) is 0 Å².